The van der Waals surface area contributed by atoms with E-state index in [1.807, 2.05) is 19.9 Å². The second-order valence-corrected chi connectivity index (χ2v) is 15.5. The molecule has 0 unspecified atom stereocenters. The second kappa shape index (κ2) is 17.6. The molecule has 0 saturated carbocycles. The van der Waals surface area contributed by atoms with Crippen LogP contribution >= 0.6 is 11.8 Å². The van der Waals surface area contributed by atoms with E-state index in [2.05, 4.69) is 56.4 Å². The minimum Gasteiger partial charge on any atom is -0.465 e. The van der Waals surface area contributed by atoms with Crippen molar-refractivity contribution in [3.8, 4) is 5.88 Å². The number of benzene rings is 1. The molecule has 1 aromatic carbocycles. The lowest BCUT2D eigenvalue weighted by molar-refractivity contribution is -0.132. The third-order valence-corrected chi connectivity index (χ3v) is 10.6. The molecule has 0 aliphatic carbocycles. The maximum Gasteiger partial charge on any atom is 0.416 e. The summed E-state index contributed by atoms with van der Waals surface area (Å²) in [5.41, 5.74) is 1.38. The number of imide groups is 1. The van der Waals surface area contributed by atoms with Crippen LogP contribution in [0.5, 0.6) is 5.88 Å². The van der Waals surface area contributed by atoms with Crippen LogP contribution < -0.4 is 9.64 Å². The third-order valence-electron chi connectivity index (χ3n) is 9.40. The zero-order valence-corrected chi connectivity index (χ0v) is 30.4. The summed E-state index contributed by atoms with van der Waals surface area (Å²) in [7, 11) is 2.15. The smallest absolute Gasteiger partial charge is 0.416 e. The van der Waals surface area contributed by atoms with E-state index in [1.54, 1.807) is 22.7 Å². The first-order valence-corrected chi connectivity index (χ1v) is 18.3. The van der Waals surface area contributed by atoms with Crippen LogP contribution in [-0.4, -0.2) is 109 Å². The molecule has 5 heterocycles. The van der Waals surface area contributed by atoms with Gasteiger partial charge in [-0.25, -0.2) is 24.5 Å². The molecule has 4 amide bonds. The molecule has 14 nitrogen and oxygen atoms in total. The van der Waals surface area contributed by atoms with Crippen LogP contribution in [0.1, 0.15) is 64.4 Å². The molecule has 2 aromatic heterocycles. The predicted molar refractivity (Wildman–Crippen MR) is 192 cm³/mol. The molecular formula is C36H48N8O6S. The number of aromatic nitrogens is 4. The molecule has 3 aliphatic heterocycles. The number of likely N-dealkylation sites (tertiary alicyclic amines) is 2. The number of pyridine rings is 1. The minimum atomic E-state index is -0.821. The van der Waals surface area contributed by atoms with Crippen molar-refractivity contribution in [3.63, 3.8) is 0 Å². The molecule has 274 valence electrons. The Morgan fingerprint density at radius 2 is 1.63 bits per heavy atom. The quantitative estimate of drug-likeness (QED) is 0.267. The van der Waals surface area contributed by atoms with E-state index in [-0.39, 0.29) is 23.1 Å². The lowest BCUT2D eigenvalue weighted by atomic mass is 9.81. The summed E-state index contributed by atoms with van der Waals surface area (Å²) in [6.45, 7) is 8.34. The van der Waals surface area contributed by atoms with Crippen molar-refractivity contribution < 1.29 is 29.0 Å². The summed E-state index contributed by atoms with van der Waals surface area (Å²) in [6.07, 6.45) is 7.02. The number of nitrogens with zero attached hydrogens (tertiary/aromatic N) is 7. The van der Waals surface area contributed by atoms with Gasteiger partial charge >= 0.3 is 12.2 Å². The molecule has 3 saturated heterocycles. The first kappa shape index (κ1) is 37.7. The molecule has 6 rings (SSSR count). The lowest BCUT2D eigenvalue weighted by Gasteiger charge is -2.34. The van der Waals surface area contributed by atoms with Crippen molar-refractivity contribution in [2.75, 3.05) is 44.7 Å². The fourth-order valence-corrected chi connectivity index (χ4v) is 7.52. The number of ether oxygens (including phenoxy) is 1. The maximum atomic E-state index is 12.6. The van der Waals surface area contributed by atoms with Gasteiger partial charge in [0, 0.05) is 56.9 Å². The topological polar surface area (TPSA) is 165 Å². The number of anilines is 1. The maximum absolute atomic E-state index is 12.6. The zero-order valence-electron chi connectivity index (χ0n) is 29.6. The van der Waals surface area contributed by atoms with Gasteiger partial charge in [0.05, 0.1) is 11.9 Å². The van der Waals surface area contributed by atoms with Crippen LogP contribution in [0.2, 0.25) is 0 Å². The number of rotatable bonds is 9. The average Bonchev–Trinajstić information content (AvgIpc) is 3.61. The van der Waals surface area contributed by atoms with Crippen LogP contribution in [0, 0.1) is 11.3 Å². The molecule has 3 fully saturated rings. The van der Waals surface area contributed by atoms with Gasteiger partial charge in [0.2, 0.25) is 17.7 Å². The van der Waals surface area contributed by atoms with E-state index in [9.17, 15) is 19.2 Å². The molecule has 15 heteroatoms. The van der Waals surface area contributed by atoms with Crippen molar-refractivity contribution in [2.45, 2.75) is 75.7 Å². The van der Waals surface area contributed by atoms with E-state index < -0.39 is 12.2 Å². The highest BCUT2D eigenvalue weighted by molar-refractivity contribution is 7.99. The third kappa shape index (κ3) is 11.2. The summed E-state index contributed by atoms with van der Waals surface area (Å²) < 4.78 is 5.46. The van der Waals surface area contributed by atoms with Crippen LogP contribution in [-0.2, 0) is 16.1 Å². The first-order chi connectivity index (χ1) is 24.5. The normalized spacial score (nSPS) is 18.4. The molecule has 0 bridgehead atoms. The fraction of sp³-hybridized carbons (Fsp3) is 0.528. The highest BCUT2D eigenvalue weighted by atomic mass is 32.2. The van der Waals surface area contributed by atoms with Gasteiger partial charge in [-0.05, 0) is 68.7 Å². The Hall–Kier alpha value is -4.50. The molecule has 51 heavy (non-hydrogen) atoms. The van der Waals surface area contributed by atoms with Crippen molar-refractivity contribution in [2.24, 2.45) is 11.3 Å². The van der Waals surface area contributed by atoms with E-state index in [4.69, 9.17) is 9.84 Å². The van der Waals surface area contributed by atoms with Crippen molar-refractivity contribution >= 4 is 41.5 Å². The number of carboxylic acid groups (broad SMARTS) is 1. The van der Waals surface area contributed by atoms with Gasteiger partial charge in [0.1, 0.15) is 6.33 Å². The van der Waals surface area contributed by atoms with Crippen molar-refractivity contribution in [1.82, 2.24) is 34.9 Å². The van der Waals surface area contributed by atoms with E-state index >= 15 is 0 Å². The van der Waals surface area contributed by atoms with Gasteiger partial charge in [0.15, 0.2) is 5.16 Å². The SMILES string of the molecule is CN(CCC1CCN(C(=O)Oc2ccc(N3C(=O)CC(C)(C)CC3=O)cn2)CC1)Cc1ccccc1.O=C(O)N1CCC(Sc2ncn[nH]2)CC1. The molecular weight excluding hydrogens is 673 g/mol. The summed E-state index contributed by atoms with van der Waals surface area (Å²) in [5.74, 6) is 0.272. The highest BCUT2D eigenvalue weighted by Gasteiger charge is 2.38. The largest absolute Gasteiger partial charge is 0.465 e. The monoisotopic (exact) mass is 720 g/mol. The standard InChI is InChI=1S/C28H36N4O4.C8H12N4O2S/c1-28(2)17-25(33)32(26(34)18-28)23-9-10-24(29-19-23)36-27(35)31-15-12-21(13-16-31)11-14-30(3)20-22-7-5-4-6-8-22;13-8(14)12-3-1-6(2-4-12)15-7-9-5-10-11-7/h4-10,19,21H,11-18,20H2,1-3H3;5-6H,1-4H2,(H,13,14)(H,9,10,11). The van der Waals surface area contributed by atoms with E-state index in [1.165, 1.54) is 34.0 Å². The van der Waals surface area contributed by atoms with Gasteiger partial charge in [0.25, 0.3) is 0 Å². The molecule has 3 aliphatic rings. The number of nitrogens with one attached hydrogen (secondary N) is 1. The summed E-state index contributed by atoms with van der Waals surface area (Å²) in [4.78, 5) is 63.1. The van der Waals surface area contributed by atoms with Crippen LogP contribution in [0.4, 0.5) is 15.3 Å². The summed E-state index contributed by atoms with van der Waals surface area (Å²) in [5, 5.41) is 16.6. The van der Waals surface area contributed by atoms with Crippen molar-refractivity contribution in [1.29, 1.82) is 0 Å². The number of aromatic amines is 1. The summed E-state index contributed by atoms with van der Waals surface area (Å²) in [6, 6.07) is 13.6. The van der Waals surface area contributed by atoms with Gasteiger partial charge in [-0.2, -0.15) is 5.10 Å². The van der Waals surface area contributed by atoms with Crippen LogP contribution in [0.15, 0.2) is 60.1 Å². The summed E-state index contributed by atoms with van der Waals surface area (Å²) >= 11 is 1.64. The number of carbonyl (C=O) groups excluding carboxylic acids is 3. The predicted octanol–water partition coefficient (Wildman–Crippen LogP) is 5.53. The van der Waals surface area contributed by atoms with Gasteiger partial charge in [-0.1, -0.05) is 55.9 Å². The Kier molecular flexibility index (Phi) is 13.0. The number of carbonyl (C=O) groups is 4. The van der Waals surface area contributed by atoms with Crippen molar-refractivity contribution in [3.05, 3.63) is 60.6 Å². The minimum absolute atomic E-state index is 0.158. The number of thioether (sulfide) groups is 1. The lowest BCUT2D eigenvalue weighted by Crippen LogP contribution is -2.46. The molecule has 2 N–H and O–H groups in total. The first-order valence-electron chi connectivity index (χ1n) is 17.5. The van der Waals surface area contributed by atoms with E-state index in [0.717, 1.165) is 50.4 Å². The number of amides is 4. The molecule has 0 radical (unpaired) electrons. The Labute approximate surface area is 302 Å². The molecule has 3 aromatic rings. The molecule has 0 atom stereocenters. The number of hydrogen-bond donors (Lipinski definition) is 2. The second-order valence-electron chi connectivity index (χ2n) is 14.2. The van der Waals surface area contributed by atoms with E-state index in [0.29, 0.717) is 55.9 Å². The van der Waals surface area contributed by atoms with Crippen LogP contribution in [0.25, 0.3) is 0 Å². The Balaban J connectivity index is 0.000000279. The van der Waals surface area contributed by atoms with Crippen LogP contribution in [0.3, 0.4) is 0 Å². The zero-order chi connectivity index (χ0) is 36.4. The Bertz CT molecular complexity index is 1570. The number of hydrogen-bond acceptors (Lipinski definition) is 10. The molecule has 0 spiro atoms. The van der Waals surface area contributed by atoms with Gasteiger partial charge in [-0.3, -0.25) is 14.7 Å². The highest BCUT2D eigenvalue weighted by Crippen LogP contribution is 2.34. The average molecular weight is 721 g/mol. The van der Waals surface area contributed by atoms with Gasteiger partial charge in [-0.15, -0.1) is 0 Å². The van der Waals surface area contributed by atoms with Gasteiger partial charge < -0.3 is 24.5 Å². The number of H-pyrrole nitrogens is 1. The fourth-order valence-electron chi connectivity index (χ4n) is 6.54. The number of piperidine rings is 3. The Morgan fingerprint density at radius 1 is 0.961 bits per heavy atom. The Morgan fingerprint density at radius 3 is 2.22 bits per heavy atom.